The van der Waals surface area contributed by atoms with Crippen molar-refractivity contribution < 1.29 is 27.8 Å². The number of ether oxygens (including phenoxy) is 3. The molecule has 2 aromatic carbocycles. The molecule has 0 unspecified atom stereocenters. The molecule has 7 heteroatoms. The number of carbonyl (C=O) groups is 1. The van der Waals surface area contributed by atoms with Crippen LogP contribution in [0.4, 0.5) is 8.78 Å². The van der Waals surface area contributed by atoms with E-state index in [-0.39, 0.29) is 17.4 Å². The predicted octanol–water partition coefficient (Wildman–Crippen LogP) is 3.59. The first-order valence-corrected chi connectivity index (χ1v) is 7.99. The molecule has 2 rings (SSSR count). The molecule has 0 aliphatic rings. The Hall–Kier alpha value is -2.83. The first-order chi connectivity index (χ1) is 12.4. The zero-order chi connectivity index (χ0) is 19.1. The van der Waals surface area contributed by atoms with Crippen LogP contribution in [0.15, 0.2) is 36.4 Å². The van der Waals surface area contributed by atoms with Crippen molar-refractivity contribution in [1.29, 1.82) is 0 Å². The van der Waals surface area contributed by atoms with Gasteiger partial charge < -0.3 is 19.5 Å². The second-order valence-corrected chi connectivity index (χ2v) is 5.57. The highest BCUT2D eigenvalue weighted by atomic mass is 19.3. The van der Waals surface area contributed by atoms with Gasteiger partial charge in [0.05, 0.1) is 14.2 Å². The maximum Gasteiger partial charge on any atom is 0.387 e. The van der Waals surface area contributed by atoms with E-state index >= 15 is 0 Å². The fraction of sp³-hybridized carbons (Fsp3) is 0.316. The average Bonchev–Trinajstić information content (AvgIpc) is 2.61. The number of halogens is 2. The smallest absolute Gasteiger partial charge is 0.387 e. The molecular weight excluding hydrogens is 344 g/mol. The van der Waals surface area contributed by atoms with Crippen molar-refractivity contribution in [2.75, 3.05) is 20.8 Å². The minimum atomic E-state index is -2.96. The van der Waals surface area contributed by atoms with Gasteiger partial charge in [-0.15, -0.1) is 0 Å². The summed E-state index contributed by atoms with van der Waals surface area (Å²) in [6, 6.07) is 9.90. The lowest BCUT2D eigenvalue weighted by molar-refractivity contribution is -0.0512. The van der Waals surface area contributed by atoms with Gasteiger partial charge in [-0.05, 0) is 43.2 Å². The maximum absolute atomic E-state index is 12.3. The summed E-state index contributed by atoms with van der Waals surface area (Å²) < 4.78 is 39.3. The summed E-state index contributed by atoms with van der Waals surface area (Å²) in [6.45, 7) is -0.583. The molecular formula is C19H21F2NO4. The molecule has 0 radical (unpaired) electrons. The lowest BCUT2D eigenvalue weighted by atomic mass is 10.1. The summed E-state index contributed by atoms with van der Waals surface area (Å²) in [5.74, 6) is 0.375. The molecule has 0 heterocycles. The third kappa shape index (κ3) is 5.08. The monoisotopic (exact) mass is 365 g/mol. The molecule has 5 nitrogen and oxygen atoms in total. The van der Waals surface area contributed by atoms with Crippen molar-refractivity contribution in [1.82, 2.24) is 5.32 Å². The number of nitrogens with one attached hydrogen (secondary N) is 1. The number of rotatable bonds is 8. The Morgan fingerprint density at radius 2 is 1.73 bits per heavy atom. The Labute approximate surface area is 150 Å². The number of methoxy groups -OCH3 is 2. The molecule has 0 atom stereocenters. The Balaban J connectivity index is 2.01. The van der Waals surface area contributed by atoms with E-state index in [2.05, 4.69) is 10.1 Å². The van der Waals surface area contributed by atoms with Crippen LogP contribution in [0.25, 0.3) is 0 Å². The van der Waals surface area contributed by atoms with Crippen LogP contribution in [0.1, 0.15) is 21.5 Å². The van der Waals surface area contributed by atoms with Crippen LogP contribution in [0.5, 0.6) is 17.2 Å². The highest BCUT2D eigenvalue weighted by Crippen LogP contribution is 2.29. The summed E-state index contributed by atoms with van der Waals surface area (Å²) in [7, 11) is 2.92. The van der Waals surface area contributed by atoms with Crippen LogP contribution >= 0.6 is 0 Å². The molecule has 140 valence electrons. The van der Waals surface area contributed by atoms with Gasteiger partial charge in [-0.25, -0.2) is 0 Å². The van der Waals surface area contributed by atoms with Gasteiger partial charge >= 0.3 is 6.61 Å². The molecule has 0 aliphatic heterocycles. The van der Waals surface area contributed by atoms with Crippen molar-refractivity contribution >= 4 is 5.91 Å². The lowest BCUT2D eigenvalue weighted by Crippen LogP contribution is -2.25. The van der Waals surface area contributed by atoms with Crippen LogP contribution in [-0.2, 0) is 6.42 Å². The fourth-order valence-electron chi connectivity index (χ4n) is 2.52. The molecule has 1 N–H and O–H groups in total. The highest BCUT2D eigenvalue weighted by Gasteiger charge is 2.14. The molecule has 0 saturated heterocycles. The van der Waals surface area contributed by atoms with Gasteiger partial charge in [0.15, 0.2) is 11.5 Å². The number of alkyl halides is 2. The molecule has 2 aromatic rings. The standard InChI is InChI=1S/C19H21F2NO4/c1-12-4-6-15(24-2)13(10-12)8-9-22-18(23)14-5-7-16(26-19(20)21)17(11-14)25-3/h4-7,10-11,19H,8-9H2,1-3H3,(H,22,23). The number of amides is 1. The fourth-order valence-corrected chi connectivity index (χ4v) is 2.52. The Morgan fingerprint density at radius 3 is 2.38 bits per heavy atom. The quantitative estimate of drug-likeness (QED) is 0.777. The molecule has 0 fully saturated rings. The SMILES string of the molecule is COc1ccc(C)cc1CCNC(=O)c1ccc(OC(F)F)c(OC)c1. The normalized spacial score (nSPS) is 10.5. The van der Waals surface area contributed by atoms with Crippen molar-refractivity contribution in [3.63, 3.8) is 0 Å². The van der Waals surface area contributed by atoms with E-state index in [0.29, 0.717) is 18.5 Å². The second kappa shape index (κ2) is 9.03. The molecule has 0 aromatic heterocycles. The van der Waals surface area contributed by atoms with Crippen molar-refractivity contribution in [3.05, 3.63) is 53.1 Å². The zero-order valence-electron chi connectivity index (χ0n) is 14.8. The van der Waals surface area contributed by atoms with Gasteiger partial charge in [-0.1, -0.05) is 17.7 Å². The number of hydrogen-bond donors (Lipinski definition) is 1. The summed E-state index contributed by atoms with van der Waals surface area (Å²) in [5, 5.41) is 2.79. The van der Waals surface area contributed by atoms with Crippen molar-refractivity contribution in [3.8, 4) is 17.2 Å². The molecule has 0 aliphatic carbocycles. The summed E-state index contributed by atoms with van der Waals surface area (Å²) in [5.41, 5.74) is 2.39. The van der Waals surface area contributed by atoms with E-state index in [1.807, 2.05) is 25.1 Å². The number of aryl methyl sites for hydroxylation is 1. The van der Waals surface area contributed by atoms with Crippen LogP contribution in [0, 0.1) is 6.92 Å². The number of hydrogen-bond acceptors (Lipinski definition) is 4. The molecule has 26 heavy (non-hydrogen) atoms. The van der Waals surface area contributed by atoms with Gasteiger partial charge in [0.2, 0.25) is 0 Å². The van der Waals surface area contributed by atoms with E-state index in [1.165, 1.54) is 25.3 Å². The summed E-state index contributed by atoms with van der Waals surface area (Å²) in [4.78, 5) is 12.3. The first-order valence-electron chi connectivity index (χ1n) is 7.99. The third-order valence-corrected chi connectivity index (χ3v) is 3.76. The highest BCUT2D eigenvalue weighted by molar-refractivity contribution is 5.94. The number of carbonyl (C=O) groups excluding carboxylic acids is 1. The minimum absolute atomic E-state index is 0.0679. The van der Waals surface area contributed by atoms with Crippen molar-refractivity contribution in [2.45, 2.75) is 20.0 Å². The van der Waals surface area contributed by atoms with E-state index in [1.54, 1.807) is 7.11 Å². The molecule has 0 bridgehead atoms. The van der Waals surface area contributed by atoms with Gasteiger partial charge in [-0.3, -0.25) is 4.79 Å². The van der Waals surface area contributed by atoms with Crippen LogP contribution in [0.2, 0.25) is 0 Å². The first kappa shape index (κ1) is 19.5. The number of benzene rings is 2. The van der Waals surface area contributed by atoms with Crippen LogP contribution in [0.3, 0.4) is 0 Å². The average molecular weight is 365 g/mol. The summed E-state index contributed by atoms with van der Waals surface area (Å²) in [6.07, 6.45) is 0.598. The molecule has 0 spiro atoms. The Bertz CT molecular complexity index is 765. The van der Waals surface area contributed by atoms with Gasteiger partial charge in [0.25, 0.3) is 5.91 Å². The molecule has 0 saturated carbocycles. The zero-order valence-corrected chi connectivity index (χ0v) is 14.8. The predicted molar refractivity (Wildman–Crippen MR) is 93.4 cm³/mol. The van der Waals surface area contributed by atoms with Crippen LogP contribution < -0.4 is 19.5 Å². The maximum atomic E-state index is 12.3. The van der Waals surface area contributed by atoms with Crippen molar-refractivity contribution in [2.24, 2.45) is 0 Å². The van der Waals surface area contributed by atoms with Gasteiger partial charge in [0, 0.05) is 12.1 Å². The Kier molecular flexibility index (Phi) is 6.77. The minimum Gasteiger partial charge on any atom is -0.496 e. The second-order valence-electron chi connectivity index (χ2n) is 5.57. The molecule has 1 amide bonds. The topological polar surface area (TPSA) is 56.8 Å². The summed E-state index contributed by atoms with van der Waals surface area (Å²) >= 11 is 0. The largest absolute Gasteiger partial charge is 0.496 e. The Morgan fingerprint density at radius 1 is 1.04 bits per heavy atom. The van der Waals surface area contributed by atoms with E-state index in [0.717, 1.165) is 16.9 Å². The lowest BCUT2D eigenvalue weighted by Gasteiger charge is -2.12. The third-order valence-electron chi connectivity index (χ3n) is 3.76. The van der Waals surface area contributed by atoms with E-state index in [9.17, 15) is 13.6 Å². The van der Waals surface area contributed by atoms with Gasteiger partial charge in [0.1, 0.15) is 5.75 Å². The van der Waals surface area contributed by atoms with Crippen LogP contribution in [-0.4, -0.2) is 33.3 Å². The van der Waals surface area contributed by atoms with E-state index in [4.69, 9.17) is 9.47 Å². The van der Waals surface area contributed by atoms with E-state index < -0.39 is 6.61 Å². The van der Waals surface area contributed by atoms with Gasteiger partial charge in [-0.2, -0.15) is 8.78 Å².